The quantitative estimate of drug-likeness (QED) is 0.796. The van der Waals surface area contributed by atoms with E-state index < -0.39 is 0 Å². The zero-order valence-electron chi connectivity index (χ0n) is 14.9. The van der Waals surface area contributed by atoms with Gasteiger partial charge in [0.1, 0.15) is 17.3 Å². The van der Waals surface area contributed by atoms with Gasteiger partial charge < -0.3 is 14.4 Å². The number of rotatable bonds is 6. The smallest absolute Gasteiger partial charge is 0.260 e. The summed E-state index contributed by atoms with van der Waals surface area (Å²) in [6.07, 6.45) is 0. The number of carbonyl (C=O) groups excluding carboxylic acids is 1. The number of piperazine rings is 1. The lowest BCUT2D eigenvalue weighted by Crippen LogP contribution is -2.49. The van der Waals surface area contributed by atoms with Crippen molar-refractivity contribution in [3.05, 3.63) is 59.9 Å². The molecule has 1 amide bonds. The lowest BCUT2D eigenvalue weighted by Gasteiger charge is -2.34. The molecular formula is C20H23FN2O3. The van der Waals surface area contributed by atoms with Gasteiger partial charge in [0.2, 0.25) is 0 Å². The number of nitrogens with zero attached hydrogens (tertiary/aromatic N) is 2. The van der Waals surface area contributed by atoms with Crippen LogP contribution in [0.25, 0.3) is 0 Å². The van der Waals surface area contributed by atoms with Gasteiger partial charge in [-0.25, -0.2) is 4.39 Å². The summed E-state index contributed by atoms with van der Waals surface area (Å²) in [5, 5.41) is 0. The Bertz CT molecular complexity index is 728. The third-order valence-corrected chi connectivity index (χ3v) is 4.44. The minimum Gasteiger partial charge on any atom is -0.497 e. The normalized spacial score (nSPS) is 14.9. The lowest BCUT2D eigenvalue weighted by atomic mass is 10.2. The number of hydrogen-bond donors (Lipinski definition) is 0. The summed E-state index contributed by atoms with van der Waals surface area (Å²) in [6, 6.07) is 13.7. The molecule has 6 heteroatoms. The molecular weight excluding hydrogens is 335 g/mol. The van der Waals surface area contributed by atoms with Crippen molar-refractivity contribution < 1.29 is 18.7 Å². The largest absolute Gasteiger partial charge is 0.497 e. The highest BCUT2D eigenvalue weighted by Gasteiger charge is 2.21. The van der Waals surface area contributed by atoms with Gasteiger partial charge in [-0.05, 0) is 42.0 Å². The van der Waals surface area contributed by atoms with E-state index in [0.29, 0.717) is 18.8 Å². The van der Waals surface area contributed by atoms with Gasteiger partial charge in [-0.2, -0.15) is 0 Å². The monoisotopic (exact) mass is 358 g/mol. The van der Waals surface area contributed by atoms with Crippen LogP contribution in [0.2, 0.25) is 0 Å². The average molecular weight is 358 g/mol. The molecule has 1 saturated heterocycles. The molecule has 3 rings (SSSR count). The highest BCUT2D eigenvalue weighted by atomic mass is 19.1. The molecule has 1 aliphatic rings. The van der Waals surface area contributed by atoms with Crippen LogP contribution in [0.15, 0.2) is 48.5 Å². The van der Waals surface area contributed by atoms with E-state index in [2.05, 4.69) is 11.0 Å². The van der Waals surface area contributed by atoms with E-state index in [0.717, 1.165) is 25.4 Å². The molecule has 138 valence electrons. The van der Waals surface area contributed by atoms with Gasteiger partial charge in [0.25, 0.3) is 5.91 Å². The van der Waals surface area contributed by atoms with Crippen molar-refractivity contribution in [2.75, 3.05) is 39.9 Å². The number of benzene rings is 2. The number of ether oxygens (including phenoxy) is 2. The van der Waals surface area contributed by atoms with E-state index in [1.54, 1.807) is 7.11 Å². The van der Waals surface area contributed by atoms with Crippen molar-refractivity contribution in [3.63, 3.8) is 0 Å². The Morgan fingerprint density at radius 3 is 2.46 bits per heavy atom. The number of hydrogen-bond acceptors (Lipinski definition) is 4. The average Bonchev–Trinajstić information content (AvgIpc) is 2.68. The zero-order valence-corrected chi connectivity index (χ0v) is 14.9. The molecule has 0 spiro atoms. The van der Waals surface area contributed by atoms with Crippen LogP contribution in [0, 0.1) is 5.82 Å². The first kappa shape index (κ1) is 18.2. The second-order valence-corrected chi connectivity index (χ2v) is 6.25. The van der Waals surface area contributed by atoms with E-state index in [1.165, 1.54) is 29.8 Å². The van der Waals surface area contributed by atoms with Crippen LogP contribution in [0.5, 0.6) is 11.5 Å². The molecule has 2 aromatic rings. The molecule has 2 aromatic carbocycles. The van der Waals surface area contributed by atoms with Crippen LogP contribution in [-0.2, 0) is 11.3 Å². The zero-order chi connectivity index (χ0) is 18.4. The van der Waals surface area contributed by atoms with Crippen molar-refractivity contribution in [1.29, 1.82) is 0 Å². The van der Waals surface area contributed by atoms with Gasteiger partial charge in [0, 0.05) is 32.7 Å². The summed E-state index contributed by atoms with van der Waals surface area (Å²) in [4.78, 5) is 16.4. The molecule has 0 aromatic heterocycles. The second kappa shape index (κ2) is 8.67. The molecule has 0 N–H and O–H groups in total. The molecule has 0 aliphatic carbocycles. The fraction of sp³-hybridized carbons (Fsp3) is 0.350. The fourth-order valence-corrected chi connectivity index (χ4v) is 2.95. The highest BCUT2D eigenvalue weighted by molar-refractivity contribution is 5.77. The maximum atomic E-state index is 12.9. The third kappa shape index (κ3) is 4.95. The van der Waals surface area contributed by atoms with Crippen LogP contribution in [0.3, 0.4) is 0 Å². The van der Waals surface area contributed by atoms with Crippen LogP contribution in [0.4, 0.5) is 4.39 Å². The Hall–Kier alpha value is -2.60. The van der Waals surface area contributed by atoms with Gasteiger partial charge in [0.05, 0.1) is 7.11 Å². The Morgan fingerprint density at radius 2 is 1.77 bits per heavy atom. The molecule has 5 nitrogen and oxygen atoms in total. The molecule has 1 aliphatic heterocycles. The first-order valence-corrected chi connectivity index (χ1v) is 8.65. The summed E-state index contributed by atoms with van der Waals surface area (Å²) in [5.41, 5.74) is 1.20. The van der Waals surface area contributed by atoms with Crippen LogP contribution in [0.1, 0.15) is 5.56 Å². The number of methoxy groups -OCH3 is 1. The number of amides is 1. The maximum Gasteiger partial charge on any atom is 0.260 e. The lowest BCUT2D eigenvalue weighted by molar-refractivity contribution is -0.135. The standard InChI is InChI=1S/C20H23FN2O3/c1-25-19-4-2-3-16(13-19)14-22-9-11-23(12-10-22)20(24)15-26-18-7-5-17(21)6-8-18/h2-8,13H,9-12,14-15H2,1H3. The Kier molecular flexibility index (Phi) is 6.07. The highest BCUT2D eigenvalue weighted by Crippen LogP contribution is 2.16. The van der Waals surface area contributed by atoms with E-state index in [4.69, 9.17) is 9.47 Å². The molecule has 1 fully saturated rings. The molecule has 0 unspecified atom stereocenters. The summed E-state index contributed by atoms with van der Waals surface area (Å²) in [7, 11) is 1.66. The first-order chi connectivity index (χ1) is 12.6. The minimum atomic E-state index is -0.323. The number of halogens is 1. The van der Waals surface area contributed by atoms with Crippen molar-refractivity contribution in [2.45, 2.75) is 6.54 Å². The maximum absolute atomic E-state index is 12.9. The van der Waals surface area contributed by atoms with Crippen LogP contribution < -0.4 is 9.47 Å². The Labute approximate surface area is 152 Å². The molecule has 0 bridgehead atoms. The predicted molar refractivity (Wildman–Crippen MR) is 96.7 cm³/mol. The molecule has 1 heterocycles. The van der Waals surface area contributed by atoms with Crippen LogP contribution in [-0.4, -0.2) is 55.6 Å². The van der Waals surface area contributed by atoms with Crippen LogP contribution >= 0.6 is 0 Å². The molecule has 0 radical (unpaired) electrons. The molecule has 0 atom stereocenters. The van der Waals surface area contributed by atoms with Gasteiger partial charge in [-0.3, -0.25) is 9.69 Å². The van der Waals surface area contributed by atoms with E-state index in [9.17, 15) is 9.18 Å². The third-order valence-electron chi connectivity index (χ3n) is 4.44. The van der Waals surface area contributed by atoms with Gasteiger partial charge in [-0.15, -0.1) is 0 Å². The SMILES string of the molecule is COc1cccc(CN2CCN(C(=O)COc3ccc(F)cc3)CC2)c1. The van der Waals surface area contributed by atoms with E-state index >= 15 is 0 Å². The predicted octanol–water partition coefficient (Wildman–Crippen LogP) is 2.56. The van der Waals surface area contributed by atoms with Crippen molar-refractivity contribution in [2.24, 2.45) is 0 Å². The van der Waals surface area contributed by atoms with Gasteiger partial charge in [0.15, 0.2) is 6.61 Å². The van der Waals surface area contributed by atoms with Gasteiger partial charge >= 0.3 is 0 Å². The first-order valence-electron chi connectivity index (χ1n) is 8.65. The van der Waals surface area contributed by atoms with E-state index in [-0.39, 0.29) is 18.3 Å². The summed E-state index contributed by atoms with van der Waals surface area (Å²) < 4.78 is 23.6. The minimum absolute atomic E-state index is 0.0263. The van der Waals surface area contributed by atoms with E-state index in [1.807, 2.05) is 23.1 Å². The topological polar surface area (TPSA) is 42.0 Å². The van der Waals surface area contributed by atoms with Crippen molar-refractivity contribution in [1.82, 2.24) is 9.80 Å². The Balaban J connectivity index is 1.43. The fourth-order valence-electron chi connectivity index (χ4n) is 2.95. The van der Waals surface area contributed by atoms with Crippen molar-refractivity contribution >= 4 is 5.91 Å². The molecule has 0 saturated carbocycles. The Morgan fingerprint density at radius 1 is 1.04 bits per heavy atom. The second-order valence-electron chi connectivity index (χ2n) is 6.25. The summed E-state index contributed by atoms with van der Waals surface area (Å²) in [5.74, 6) is 0.983. The summed E-state index contributed by atoms with van der Waals surface area (Å²) in [6.45, 7) is 3.80. The van der Waals surface area contributed by atoms with Gasteiger partial charge in [-0.1, -0.05) is 12.1 Å². The summed E-state index contributed by atoms with van der Waals surface area (Å²) >= 11 is 0. The number of carbonyl (C=O) groups is 1. The van der Waals surface area contributed by atoms with Crippen molar-refractivity contribution in [3.8, 4) is 11.5 Å². The molecule has 26 heavy (non-hydrogen) atoms.